The lowest BCUT2D eigenvalue weighted by Gasteiger charge is -2.50. The Morgan fingerprint density at radius 3 is 2.77 bits per heavy atom. The highest BCUT2D eigenvalue weighted by molar-refractivity contribution is 5.39. The normalized spacial score (nSPS) is 24.4. The van der Waals surface area contributed by atoms with Gasteiger partial charge in [-0.15, -0.1) is 0 Å². The molecule has 1 aliphatic rings. The van der Waals surface area contributed by atoms with E-state index in [0.717, 1.165) is 25.2 Å². The topological polar surface area (TPSA) is 56.9 Å². The van der Waals surface area contributed by atoms with Crippen LogP contribution in [0.1, 0.15) is 17.5 Å². The van der Waals surface area contributed by atoms with Gasteiger partial charge in [-0.05, 0) is 43.8 Å². The van der Waals surface area contributed by atoms with Gasteiger partial charge < -0.3 is 5.11 Å². The van der Waals surface area contributed by atoms with Crippen LogP contribution in [0.5, 0.6) is 0 Å². The number of pyridine rings is 1. The number of aromatic nitrogens is 3. The van der Waals surface area contributed by atoms with Crippen LogP contribution < -0.4 is 0 Å². The molecular formula is C20H25N5O. The maximum Gasteiger partial charge on any atom is 0.155 e. The van der Waals surface area contributed by atoms with Crippen LogP contribution in [0, 0.1) is 0 Å². The van der Waals surface area contributed by atoms with Crippen LogP contribution >= 0.6 is 0 Å². The molecule has 0 aliphatic carbocycles. The summed E-state index contributed by atoms with van der Waals surface area (Å²) in [5.74, 6) is 0. The fourth-order valence-electron chi connectivity index (χ4n) is 4.18. The van der Waals surface area contributed by atoms with Crippen LogP contribution in [0.2, 0.25) is 0 Å². The zero-order chi connectivity index (χ0) is 18.1. The molecule has 2 aromatic heterocycles. The van der Waals surface area contributed by atoms with Crippen molar-refractivity contribution in [2.75, 3.05) is 27.2 Å². The molecule has 0 amide bonds. The van der Waals surface area contributed by atoms with Gasteiger partial charge in [0.25, 0.3) is 0 Å². The predicted octanol–water partition coefficient (Wildman–Crippen LogP) is 1.75. The van der Waals surface area contributed by atoms with E-state index in [-0.39, 0.29) is 5.54 Å². The second-order valence-corrected chi connectivity index (χ2v) is 7.28. The monoisotopic (exact) mass is 351 g/mol. The smallest absolute Gasteiger partial charge is 0.155 e. The molecule has 26 heavy (non-hydrogen) atoms. The first-order chi connectivity index (χ1) is 12.6. The largest absolute Gasteiger partial charge is 0.389 e. The quantitative estimate of drug-likeness (QED) is 0.776. The maximum atomic E-state index is 11.1. The lowest BCUT2D eigenvalue weighted by molar-refractivity contribution is -0.0702. The molecule has 6 nitrogen and oxygen atoms in total. The number of fused-ring (bicyclic) bond motifs is 1. The van der Waals surface area contributed by atoms with Crippen LogP contribution in [-0.2, 0) is 12.1 Å². The molecule has 1 saturated heterocycles. The Morgan fingerprint density at radius 1 is 1.23 bits per heavy atom. The van der Waals surface area contributed by atoms with E-state index in [1.165, 1.54) is 11.1 Å². The highest BCUT2D eigenvalue weighted by atomic mass is 16.3. The zero-order valence-electron chi connectivity index (χ0n) is 15.3. The SMILES string of the molecule is CN(C)[C@]1(c2ccccc2)CCN(Cc2ccn3ncnc3c2)C[C@H]1O. The van der Waals surface area contributed by atoms with Crippen molar-refractivity contribution in [3.8, 4) is 0 Å². The van der Waals surface area contributed by atoms with Crippen molar-refractivity contribution < 1.29 is 5.11 Å². The fourth-order valence-corrected chi connectivity index (χ4v) is 4.18. The molecule has 0 spiro atoms. The summed E-state index contributed by atoms with van der Waals surface area (Å²) in [6.45, 7) is 2.38. The molecule has 1 fully saturated rings. The molecule has 0 unspecified atom stereocenters. The Bertz CT molecular complexity index is 878. The number of rotatable bonds is 4. The molecule has 136 valence electrons. The Balaban J connectivity index is 1.53. The molecular weight excluding hydrogens is 326 g/mol. The zero-order valence-corrected chi connectivity index (χ0v) is 15.3. The molecule has 3 heterocycles. The second kappa shape index (κ2) is 6.79. The predicted molar refractivity (Wildman–Crippen MR) is 101 cm³/mol. The molecule has 6 heteroatoms. The van der Waals surface area contributed by atoms with Gasteiger partial charge in [0.2, 0.25) is 0 Å². The van der Waals surface area contributed by atoms with Gasteiger partial charge in [0, 0.05) is 25.8 Å². The minimum atomic E-state index is -0.453. The molecule has 0 radical (unpaired) electrons. The highest BCUT2D eigenvalue weighted by Crippen LogP contribution is 2.37. The number of β-amino-alcohol motifs (C(OH)–C–C–N with tert-alkyl or cyclic N) is 1. The van der Waals surface area contributed by atoms with Gasteiger partial charge in [-0.2, -0.15) is 5.10 Å². The van der Waals surface area contributed by atoms with Gasteiger partial charge in [0.15, 0.2) is 5.65 Å². The van der Waals surface area contributed by atoms with Crippen molar-refractivity contribution in [2.24, 2.45) is 0 Å². The van der Waals surface area contributed by atoms with Crippen molar-refractivity contribution >= 4 is 5.65 Å². The summed E-state index contributed by atoms with van der Waals surface area (Å²) in [6.07, 6.45) is 3.94. The van der Waals surface area contributed by atoms with Crippen molar-refractivity contribution in [1.82, 2.24) is 24.4 Å². The summed E-state index contributed by atoms with van der Waals surface area (Å²) in [4.78, 5) is 8.74. The number of nitrogens with zero attached hydrogens (tertiary/aromatic N) is 5. The lowest BCUT2D eigenvalue weighted by Crippen LogP contribution is -2.59. The number of benzene rings is 1. The number of hydrogen-bond donors (Lipinski definition) is 1. The number of hydrogen-bond acceptors (Lipinski definition) is 5. The summed E-state index contributed by atoms with van der Waals surface area (Å²) < 4.78 is 1.76. The van der Waals surface area contributed by atoms with E-state index in [4.69, 9.17) is 0 Å². The summed E-state index contributed by atoms with van der Waals surface area (Å²) in [6, 6.07) is 14.5. The van der Waals surface area contributed by atoms with Crippen LogP contribution in [0.4, 0.5) is 0 Å². The minimum absolute atomic E-state index is 0.339. The molecule has 0 bridgehead atoms. The van der Waals surface area contributed by atoms with Crippen LogP contribution in [-0.4, -0.2) is 62.8 Å². The average molecular weight is 351 g/mol. The molecule has 0 saturated carbocycles. The highest BCUT2D eigenvalue weighted by Gasteiger charge is 2.45. The van der Waals surface area contributed by atoms with Gasteiger partial charge >= 0.3 is 0 Å². The van der Waals surface area contributed by atoms with E-state index in [0.29, 0.717) is 6.54 Å². The number of aliphatic hydroxyl groups is 1. The van der Waals surface area contributed by atoms with Crippen LogP contribution in [0.25, 0.3) is 5.65 Å². The number of likely N-dealkylation sites (N-methyl/N-ethyl adjacent to an activating group) is 1. The summed E-state index contributed by atoms with van der Waals surface area (Å²) in [5, 5.41) is 15.3. The third-order valence-corrected chi connectivity index (χ3v) is 5.61. The fraction of sp³-hybridized carbons (Fsp3) is 0.400. The first-order valence-electron chi connectivity index (χ1n) is 9.01. The first kappa shape index (κ1) is 17.1. The van der Waals surface area contributed by atoms with E-state index in [1.807, 2.05) is 24.4 Å². The van der Waals surface area contributed by atoms with Crippen molar-refractivity contribution in [2.45, 2.75) is 24.6 Å². The van der Waals surface area contributed by atoms with Crippen molar-refractivity contribution in [3.63, 3.8) is 0 Å². The van der Waals surface area contributed by atoms with E-state index in [2.05, 4.69) is 58.2 Å². The standard InChI is InChI=1S/C20H25N5O/c1-23(2)20(17-6-4-3-5-7-17)9-11-24(14-18(20)26)13-16-8-10-25-19(12-16)21-15-22-25/h3-8,10,12,15,18,26H,9,11,13-14H2,1-2H3/t18-,20+/m1/s1. The van der Waals surface area contributed by atoms with Crippen LogP contribution in [0.15, 0.2) is 55.0 Å². The Morgan fingerprint density at radius 2 is 2.04 bits per heavy atom. The minimum Gasteiger partial charge on any atom is -0.389 e. The molecule has 1 aliphatic heterocycles. The molecule has 2 atom stereocenters. The summed E-state index contributed by atoms with van der Waals surface area (Å²) in [7, 11) is 4.12. The van der Waals surface area contributed by atoms with Gasteiger partial charge in [0.05, 0.1) is 11.6 Å². The van der Waals surface area contributed by atoms with E-state index < -0.39 is 6.10 Å². The summed E-state index contributed by atoms with van der Waals surface area (Å²) in [5.41, 5.74) is 2.89. The third kappa shape index (κ3) is 2.90. The van der Waals surface area contributed by atoms with Gasteiger partial charge in [-0.1, -0.05) is 30.3 Å². The molecule has 1 aromatic carbocycles. The van der Waals surface area contributed by atoms with E-state index in [9.17, 15) is 5.11 Å². The molecule has 4 rings (SSSR count). The third-order valence-electron chi connectivity index (χ3n) is 5.61. The number of piperidine rings is 1. The first-order valence-corrected chi connectivity index (χ1v) is 9.01. The second-order valence-electron chi connectivity index (χ2n) is 7.28. The van der Waals surface area contributed by atoms with E-state index in [1.54, 1.807) is 10.8 Å². The van der Waals surface area contributed by atoms with Crippen LogP contribution in [0.3, 0.4) is 0 Å². The maximum absolute atomic E-state index is 11.1. The van der Waals surface area contributed by atoms with Gasteiger partial charge in [0.1, 0.15) is 6.33 Å². The molecule has 1 N–H and O–H groups in total. The van der Waals surface area contributed by atoms with Crippen molar-refractivity contribution in [3.05, 3.63) is 66.1 Å². The lowest BCUT2D eigenvalue weighted by atomic mass is 9.77. The average Bonchev–Trinajstić information content (AvgIpc) is 3.10. The van der Waals surface area contributed by atoms with Gasteiger partial charge in [-0.3, -0.25) is 9.80 Å². The van der Waals surface area contributed by atoms with E-state index >= 15 is 0 Å². The molecule has 3 aromatic rings. The van der Waals surface area contributed by atoms with Gasteiger partial charge in [-0.25, -0.2) is 9.50 Å². The Kier molecular flexibility index (Phi) is 4.48. The van der Waals surface area contributed by atoms with Crippen molar-refractivity contribution in [1.29, 1.82) is 0 Å². The number of aliphatic hydroxyl groups excluding tert-OH is 1. The Hall–Kier alpha value is -2.28. The Labute approximate surface area is 153 Å². The number of likely N-dealkylation sites (tertiary alicyclic amines) is 1. The summed E-state index contributed by atoms with van der Waals surface area (Å²) >= 11 is 0.